The number of aryl methyl sites for hydroxylation is 1. The van der Waals surface area contributed by atoms with Crippen LogP contribution in [-0.2, 0) is 6.54 Å². The van der Waals surface area contributed by atoms with Crippen LogP contribution in [0.15, 0.2) is 35.0 Å². The number of aromatic nitrogens is 1. The summed E-state index contributed by atoms with van der Waals surface area (Å²) < 4.78 is 43.8. The first-order valence-corrected chi connectivity index (χ1v) is 10.2. The van der Waals surface area contributed by atoms with E-state index in [1.807, 2.05) is 0 Å². The van der Waals surface area contributed by atoms with Gasteiger partial charge in [-0.1, -0.05) is 0 Å². The summed E-state index contributed by atoms with van der Waals surface area (Å²) in [5.74, 6) is -4.96. The number of carbonyl (C=O) groups is 2. The van der Waals surface area contributed by atoms with Crippen LogP contribution in [0.2, 0.25) is 0 Å². The summed E-state index contributed by atoms with van der Waals surface area (Å²) in [5, 5.41) is 14.1. The van der Waals surface area contributed by atoms with Crippen molar-refractivity contribution in [2.75, 3.05) is 11.7 Å². The van der Waals surface area contributed by atoms with Gasteiger partial charge in [0.15, 0.2) is 11.4 Å². The number of nitrogens with zero attached hydrogens (tertiary/aromatic N) is 3. The molecule has 11 heteroatoms. The van der Waals surface area contributed by atoms with Crippen LogP contribution >= 0.6 is 0 Å². The fourth-order valence-electron chi connectivity index (χ4n) is 3.96. The second-order valence-electron chi connectivity index (χ2n) is 8.13. The number of amides is 2. The maximum absolute atomic E-state index is 14.6. The lowest BCUT2D eigenvalue weighted by atomic mass is 10.1. The molecular weight excluding hydrogens is 441 g/mol. The molecule has 4 rings (SSSR count). The van der Waals surface area contributed by atoms with Crippen LogP contribution in [-0.4, -0.2) is 45.2 Å². The van der Waals surface area contributed by atoms with Crippen molar-refractivity contribution in [2.45, 2.75) is 39.4 Å². The summed E-state index contributed by atoms with van der Waals surface area (Å²) >= 11 is 0. The second-order valence-corrected chi connectivity index (χ2v) is 8.13. The molecule has 2 amide bonds. The molecule has 2 aliphatic heterocycles. The number of hydrogen-bond donors (Lipinski definition) is 2. The van der Waals surface area contributed by atoms with E-state index in [2.05, 4.69) is 5.32 Å². The van der Waals surface area contributed by atoms with Crippen molar-refractivity contribution in [3.8, 4) is 5.75 Å². The molecule has 1 aromatic carbocycles. The van der Waals surface area contributed by atoms with Crippen LogP contribution in [0.5, 0.6) is 5.75 Å². The van der Waals surface area contributed by atoms with Crippen LogP contribution < -0.4 is 15.8 Å². The van der Waals surface area contributed by atoms with Gasteiger partial charge in [-0.05, 0) is 44.5 Å². The molecule has 1 aromatic heterocycles. The summed E-state index contributed by atoms with van der Waals surface area (Å²) in [6.45, 7) is 4.03. The molecule has 33 heavy (non-hydrogen) atoms. The lowest BCUT2D eigenvalue weighted by Crippen LogP contribution is -2.57. The maximum atomic E-state index is 14.6. The van der Waals surface area contributed by atoms with Gasteiger partial charge in [0.2, 0.25) is 5.43 Å². The van der Waals surface area contributed by atoms with E-state index in [1.165, 1.54) is 29.8 Å². The number of fused-ring (bicyclic) bond motifs is 4. The third-order valence-corrected chi connectivity index (χ3v) is 5.90. The highest BCUT2D eigenvalue weighted by Gasteiger charge is 2.40. The SMILES string of the molecule is Cc1cc(F)c(CNC(=O)c2cn3c(c(O)c2=O)C(=O)N2CN3[C@H](C)C(F)=C[C@@H]2C)c(F)c1. The van der Waals surface area contributed by atoms with Gasteiger partial charge >= 0.3 is 0 Å². The number of carbonyl (C=O) groups excluding carboxylic acids is 2. The van der Waals surface area contributed by atoms with E-state index in [-0.39, 0.29) is 6.67 Å². The highest BCUT2D eigenvalue weighted by Crippen LogP contribution is 2.29. The Morgan fingerprint density at radius 2 is 1.82 bits per heavy atom. The Kier molecular flexibility index (Phi) is 5.43. The highest BCUT2D eigenvalue weighted by molar-refractivity contribution is 5.99. The van der Waals surface area contributed by atoms with Gasteiger partial charge in [0.1, 0.15) is 29.7 Å². The number of aromatic hydroxyl groups is 1. The number of benzene rings is 1. The van der Waals surface area contributed by atoms with Crippen LogP contribution in [0, 0.1) is 18.6 Å². The number of nitrogens with one attached hydrogen (secondary N) is 1. The number of rotatable bonds is 3. The Bertz CT molecular complexity index is 1250. The molecular formula is C22H21F3N4O4. The van der Waals surface area contributed by atoms with E-state index >= 15 is 0 Å². The molecule has 0 saturated carbocycles. The zero-order valence-electron chi connectivity index (χ0n) is 18.0. The van der Waals surface area contributed by atoms with Crippen molar-refractivity contribution in [1.29, 1.82) is 0 Å². The van der Waals surface area contributed by atoms with Gasteiger partial charge in [-0.25, -0.2) is 13.2 Å². The van der Waals surface area contributed by atoms with E-state index in [0.29, 0.717) is 5.56 Å². The monoisotopic (exact) mass is 462 g/mol. The smallest absolute Gasteiger partial charge is 0.278 e. The minimum Gasteiger partial charge on any atom is -0.502 e. The molecule has 2 N–H and O–H groups in total. The summed E-state index contributed by atoms with van der Waals surface area (Å²) in [4.78, 5) is 39.6. The summed E-state index contributed by atoms with van der Waals surface area (Å²) in [5.41, 5.74) is -2.14. The molecule has 3 heterocycles. The van der Waals surface area contributed by atoms with E-state index in [1.54, 1.807) is 6.92 Å². The zero-order chi connectivity index (χ0) is 24.2. The summed E-state index contributed by atoms with van der Waals surface area (Å²) in [7, 11) is 0. The Morgan fingerprint density at radius 1 is 1.18 bits per heavy atom. The van der Waals surface area contributed by atoms with Crippen LogP contribution in [0.1, 0.15) is 45.8 Å². The maximum Gasteiger partial charge on any atom is 0.278 e. The lowest BCUT2D eigenvalue weighted by Gasteiger charge is -2.41. The normalized spacial score (nSPS) is 19.7. The molecule has 174 valence electrons. The van der Waals surface area contributed by atoms with Gasteiger partial charge in [-0.2, -0.15) is 0 Å². The third-order valence-electron chi connectivity index (χ3n) is 5.90. The molecule has 0 aliphatic carbocycles. The quantitative estimate of drug-likeness (QED) is 0.729. The molecule has 0 saturated heterocycles. The summed E-state index contributed by atoms with van der Waals surface area (Å²) in [6.07, 6.45) is 2.28. The number of pyridine rings is 1. The first kappa shape index (κ1) is 22.4. The van der Waals surface area contributed by atoms with Crippen molar-refractivity contribution in [3.63, 3.8) is 0 Å². The van der Waals surface area contributed by atoms with E-state index < -0.39 is 75.9 Å². The Hall–Kier alpha value is -3.76. The average Bonchev–Trinajstić information content (AvgIpc) is 2.83. The molecule has 2 aliphatic rings. The fourth-order valence-corrected chi connectivity index (χ4v) is 3.96. The summed E-state index contributed by atoms with van der Waals surface area (Å²) in [6, 6.07) is 0.713. The van der Waals surface area contributed by atoms with Gasteiger partial charge in [0.25, 0.3) is 11.8 Å². The van der Waals surface area contributed by atoms with Crippen LogP contribution in [0.3, 0.4) is 0 Å². The van der Waals surface area contributed by atoms with E-state index in [0.717, 1.165) is 23.0 Å². The molecule has 2 aromatic rings. The van der Waals surface area contributed by atoms with Crippen LogP contribution in [0.4, 0.5) is 13.2 Å². The predicted molar refractivity (Wildman–Crippen MR) is 112 cm³/mol. The minimum atomic E-state index is -1.13. The van der Waals surface area contributed by atoms with E-state index in [4.69, 9.17) is 0 Å². The van der Waals surface area contributed by atoms with Gasteiger partial charge in [-0.15, -0.1) is 0 Å². The molecule has 2 atom stereocenters. The number of halogens is 3. The third kappa shape index (κ3) is 3.62. The topological polar surface area (TPSA) is 94.9 Å². The molecule has 0 fully saturated rings. The molecule has 0 unspecified atom stereocenters. The van der Waals surface area contributed by atoms with Crippen molar-refractivity contribution in [3.05, 3.63) is 74.5 Å². The predicted octanol–water partition coefficient (Wildman–Crippen LogP) is 2.07. The Morgan fingerprint density at radius 3 is 2.45 bits per heavy atom. The van der Waals surface area contributed by atoms with Crippen molar-refractivity contribution < 1.29 is 27.9 Å². The standard InChI is InChI=1S/C22H21F3N4O4/c1-10-4-16(24)13(17(25)5-10)7-26-21(32)14-8-28-18(20(31)19(14)30)22(33)27-9-29(28)12(3)15(23)6-11(27)2/h4-6,8,11-12,31H,7,9H2,1-3H3,(H,26,32)/t11-,12+/m0/s1. The van der Waals surface area contributed by atoms with Gasteiger partial charge in [-0.3, -0.25) is 24.1 Å². The van der Waals surface area contributed by atoms with Gasteiger partial charge in [0.05, 0.1) is 12.1 Å². The van der Waals surface area contributed by atoms with E-state index in [9.17, 15) is 32.7 Å². The molecule has 0 spiro atoms. The lowest BCUT2D eigenvalue weighted by molar-refractivity contribution is 0.0652. The average molecular weight is 462 g/mol. The Labute approximate surface area is 186 Å². The van der Waals surface area contributed by atoms with Gasteiger partial charge in [0, 0.05) is 18.3 Å². The van der Waals surface area contributed by atoms with Gasteiger partial charge < -0.3 is 15.3 Å². The number of hydrogen-bond acceptors (Lipinski definition) is 5. The van der Waals surface area contributed by atoms with Crippen molar-refractivity contribution >= 4 is 11.8 Å². The first-order valence-electron chi connectivity index (χ1n) is 10.2. The second kappa shape index (κ2) is 7.98. The van der Waals surface area contributed by atoms with Crippen molar-refractivity contribution in [1.82, 2.24) is 14.9 Å². The highest BCUT2D eigenvalue weighted by atomic mass is 19.1. The fraction of sp³-hybridized carbons (Fsp3) is 0.318. The van der Waals surface area contributed by atoms with Crippen molar-refractivity contribution in [2.24, 2.45) is 0 Å². The molecule has 0 radical (unpaired) electrons. The minimum absolute atomic E-state index is 0.0543. The first-order chi connectivity index (χ1) is 15.5. The molecule has 2 bridgehead atoms. The van der Waals surface area contributed by atoms with Crippen LogP contribution in [0.25, 0.3) is 0 Å². The Balaban J connectivity index is 1.73. The largest absolute Gasteiger partial charge is 0.502 e. The molecule has 8 nitrogen and oxygen atoms in total. The zero-order valence-corrected chi connectivity index (χ0v) is 18.0.